The second-order valence-corrected chi connectivity index (χ2v) is 4.84. The molecule has 1 aromatic carbocycles. The van der Waals surface area contributed by atoms with Gasteiger partial charge in [-0.1, -0.05) is 0 Å². The van der Waals surface area contributed by atoms with Crippen LogP contribution in [0.2, 0.25) is 0 Å². The predicted molar refractivity (Wildman–Crippen MR) is 69.5 cm³/mol. The van der Waals surface area contributed by atoms with E-state index < -0.39 is 10.9 Å². The second kappa shape index (κ2) is 6.19. The van der Waals surface area contributed by atoms with Gasteiger partial charge in [0.05, 0.1) is 15.6 Å². The fourth-order valence-corrected chi connectivity index (χ4v) is 2.04. The molecule has 0 atom stereocenters. The number of carbonyl (C=O) groups is 2. The summed E-state index contributed by atoms with van der Waals surface area (Å²) in [4.78, 5) is 34.0. The number of nitro groups is 1. The number of carboxylic acids is 1. The molecule has 7 nitrogen and oxygen atoms in total. The van der Waals surface area contributed by atoms with Gasteiger partial charge in [0.25, 0.3) is 11.6 Å². The van der Waals surface area contributed by atoms with Crippen LogP contribution in [0.4, 0.5) is 5.69 Å². The molecule has 1 amide bonds. The number of amides is 1. The number of carboxylic acid groups (broad SMARTS) is 1. The summed E-state index contributed by atoms with van der Waals surface area (Å²) < 4.78 is 0. The molecule has 0 saturated heterocycles. The highest BCUT2D eigenvalue weighted by molar-refractivity contribution is 8.00. The Morgan fingerprint density at radius 2 is 2.05 bits per heavy atom. The fourth-order valence-electron chi connectivity index (χ4n) is 1.31. The molecule has 0 radical (unpaired) electrons. The first-order valence-corrected chi connectivity index (χ1v) is 6.16. The minimum Gasteiger partial charge on any atom is -0.481 e. The quantitative estimate of drug-likeness (QED) is 0.499. The number of rotatable bonds is 5. The predicted octanol–water partition coefficient (Wildman–Crippen LogP) is 1.47. The van der Waals surface area contributed by atoms with Crippen LogP contribution in [-0.2, 0) is 4.79 Å². The van der Waals surface area contributed by atoms with Crippen molar-refractivity contribution in [2.75, 3.05) is 19.8 Å². The molecule has 0 fully saturated rings. The first-order valence-electron chi connectivity index (χ1n) is 5.17. The first kappa shape index (κ1) is 15.0. The number of nitrogens with zero attached hydrogens (tertiary/aromatic N) is 2. The van der Waals surface area contributed by atoms with E-state index in [2.05, 4.69) is 0 Å². The summed E-state index contributed by atoms with van der Waals surface area (Å²) in [6.07, 6.45) is 0. The molecule has 0 aliphatic carbocycles. The molecule has 0 aliphatic rings. The van der Waals surface area contributed by atoms with Gasteiger partial charge in [0.2, 0.25) is 0 Å². The molecule has 0 heterocycles. The molecule has 0 saturated carbocycles. The van der Waals surface area contributed by atoms with Gasteiger partial charge < -0.3 is 10.0 Å². The highest BCUT2D eigenvalue weighted by Gasteiger charge is 2.19. The molecule has 1 N–H and O–H groups in total. The fraction of sp³-hybridized carbons (Fsp3) is 0.273. The van der Waals surface area contributed by atoms with Crippen molar-refractivity contribution < 1.29 is 19.6 Å². The first-order chi connectivity index (χ1) is 8.82. The number of carbonyl (C=O) groups excluding carboxylic acids is 1. The Hall–Kier alpha value is -2.09. The Morgan fingerprint density at radius 3 is 2.53 bits per heavy atom. The highest BCUT2D eigenvalue weighted by atomic mass is 32.2. The van der Waals surface area contributed by atoms with Gasteiger partial charge in [-0.15, -0.1) is 11.8 Å². The minimum absolute atomic E-state index is 0.191. The van der Waals surface area contributed by atoms with E-state index in [1.54, 1.807) is 14.1 Å². The van der Waals surface area contributed by atoms with Crippen LogP contribution in [0.5, 0.6) is 0 Å². The normalized spacial score (nSPS) is 10.0. The number of benzene rings is 1. The van der Waals surface area contributed by atoms with Crippen LogP contribution < -0.4 is 0 Å². The van der Waals surface area contributed by atoms with E-state index >= 15 is 0 Å². The molecule has 0 bridgehead atoms. The van der Waals surface area contributed by atoms with Gasteiger partial charge in [0.15, 0.2) is 0 Å². The SMILES string of the molecule is CN(C)C(=O)c1ccc(SCC(=O)O)c([N+](=O)[O-])c1. The lowest BCUT2D eigenvalue weighted by Gasteiger charge is -2.10. The van der Waals surface area contributed by atoms with Crippen LogP contribution in [0.25, 0.3) is 0 Å². The summed E-state index contributed by atoms with van der Waals surface area (Å²) in [6, 6.07) is 3.99. The summed E-state index contributed by atoms with van der Waals surface area (Å²) in [7, 11) is 3.09. The highest BCUT2D eigenvalue weighted by Crippen LogP contribution is 2.30. The van der Waals surface area contributed by atoms with Crippen LogP contribution in [0.1, 0.15) is 10.4 Å². The van der Waals surface area contributed by atoms with Crippen LogP contribution in [0.3, 0.4) is 0 Å². The van der Waals surface area contributed by atoms with Crippen LogP contribution in [0.15, 0.2) is 23.1 Å². The number of hydrogen-bond acceptors (Lipinski definition) is 5. The number of nitro benzene ring substituents is 1. The smallest absolute Gasteiger partial charge is 0.313 e. The van der Waals surface area contributed by atoms with Crippen molar-refractivity contribution in [3.8, 4) is 0 Å². The van der Waals surface area contributed by atoms with Crippen molar-refractivity contribution in [2.45, 2.75) is 4.90 Å². The maximum Gasteiger partial charge on any atom is 0.313 e. The van der Waals surface area contributed by atoms with Crippen LogP contribution >= 0.6 is 11.8 Å². The van der Waals surface area contributed by atoms with Crippen molar-refractivity contribution in [2.24, 2.45) is 0 Å². The van der Waals surface area contributed by atoms with Gasteiger partial charge in [-0.2, -0.15) is 0 Å². The zero-order chi connectivity index (χ0) is 14.6. The molecule has 1 rings (SSSR count). The average Bonchev–Trinajstić information content (AvgIpc) is 2.34. The van der Waals surface area contributed by atoms with Crippen molar-refractivity contribution in [1.29, 1.82) is 0 Å². The third kappa shape index (κ3) is 3.95. The van der Waals surface area contributed by atoms with E-state index in [4.69, 9.17) is 5.11 Å². The topological polar surface area (TPSA) is 101 Å². The Labute approximate surface area is 113 Å². The van der Waals surface area contributed by atoms with Gasteiger partial charge in [-0.25, -0.2) is 0 Å². The molecular formula is C11H12N2O5S. The minimum atomic E-state index is -1.06. The summed E-state index contributed by atoms with van der Waals surface area (Å²) in [5.41, 5.74) is -0.0738. The summed E-state index contributed by atoms with van der Waals surface area (Å²) in [6.45, 7) is 0. The van der Waals surface area contributed by atoms with Crippen molar-refractivity contribution in [3.63, 3.8) is 0 Å². The Bertz CT molecular complexity index is 530. The molecule has 0 aromatic heterocycles. The van der Waals surface area contributed by atoms with Gasteiger partial charge in [-0.3, -0.25) is 19.7 Å². The zero-order valence-corrected chi connectivity index (χ0v) is 11.1. The number of hydrogen-bond donors (Lipinski definition) is 1. The largest absolute Gasteiger partial charge is 0.481 e. The standard InChI is InChI=1S/C11H12N2O5S/c1-12(2)11(16)7-3-4-9(19-6-10(14)15)8(5-7)13(17)18/h3-5H,6H2,1-2H3,(H,14,15). The van der Waals surface area contributed by atoms with Crippen LogP contribution in [0, 0.1) is 10.1 Å². The van der Waals surface area contributed by atoms with E-state index in [1.165, 1.54) is 17.0 Å². The maximum atomic E-state index is 11.7. The summed E-state index contributed by atoms with van der Waals surface area (Å²) >= 11 is 0.846. The lowest BCUT2D eigenvalue weighted by molar-refractivity contribution is -0.387. The van der Waals surface area contributed by atoms with Gasteiger partial charge >= 0.3 is 5.97 Å². The monoisotopic (exact) mass is 284 g/mol. The van der Waals surface area contributed by atoms with Gasteiger partial charge in [-0.05, 0) is 12.1 Å². The van der Waals surface area contributed by atoms with Crippen molar-refractivity contribution in [3.05, 3.63) is 33.9 Å². The van der Waals surface area contributed by atoms with Crippen molar-refractivity contribution >= 4 is 29.3 Å². The Balaban J connectivity index is 3.11. The lowest BCUT2D eigenvalue weighted by atomic mass is 10.2. The van der Waals surface area contributed by atoms with Gasteiger partial charge in [0.1, 0.15) is 0 Å². The summed E-state index contributed by atoms with van der Waals surface area (Å²) in [5.74, 6) is -1.69. The molecule has 0 aliphatic heterocycles. The van der Waals surface area contributed by atoms with E-state index in [0.29, 0.717) is 0 Å². The maximum absolute atomic E-state index is 11.7. The molecule has 0 unspecified atom stereocenters. The van der Waals surface area contributed by atoms with Crippen LogP contribution in [-0.4, -0.2) is 46.7 Å². The molecule has 102 valence electrons. The van der Waals surface area contributed by atoms with Gasteiger partial charge in [0, 0.05) is 25.7 Å². The lowest BCUT2D eigenvalue weighted by Crippen LogP contribution is -2.21. The molecule has 8 heteroatoms. The van der Waals surface area contributed by atoms with E-state index in [-0.39, 0.29) is 27.8 Å². The molecule has 0 spiro atoms. The third-order valence-electron chi connectivity index (χ3n) is 2.16. The van der Waals surface area contributed by atoms with E-state index in [9.17, 15) is 19.7 Å². The summed E-state index contributed by atoms with van der Waals surface area (Å²) in [5, 5.41) is 19.5. The number of thioether (sulfide) groups is 1. The zero-order valence-electron chi connectivity index (χ0n) is 10.3. The van der Waals surface area contributed by atoms with E-state index in [1.807, 2.05) is 0 Å². The Kier molecular flexibility index (Phi) is 4.87. The molecular weight excluding hydrogens is 272 g/mol. The number of aliphatic carboxylic acids is 1. The van der Waals surface area contributed by atoms with Crippen molar-refractivity contribution in [1.82, 2.24) is 4.90 Å². The Morgan fingerprint density at radius 1 is 1.42 bits per heavy atom. The molecule has 19 heavy (non-hydrogen) atoms. The average molecular weight is 284 g/mol. The second-order valence-electron chi connectivity index (χ2n) is 3.82. The van der Waals surface area contributed by atoms with E-state index in [0.717, 1.165) is 17.8 Å². The molecule has 1 aromatic rings. The third-order valence-corrected chi connectivity index (χ3v) is 3.21.